The maximum atomic E-state index is 14.3. The minimum atomic E-state index is -0.423. The van der Waals surface area contributed by atoms with E-state index in [0.29, 0.717) is 12.1 Å². The number of rotatable bonds is 4. The van der Waals surface area contributed by atoms with Crippen molar-refractivity contribution in [3.05, 3.63) is 95.6 Å². The van der Waals surface area contributed by atoms with Crippen molar-refractivity contribution in [3.63, 3.8) is 0 Å². The second-order valence-electron chi connectivity index (χ2n) is 5.52. The number of hydrogen-bond donors (Lipinski definition) is 0. The predicted octanol–water partition coefficient (Wildman–Crippen LogP) is 4.38. The second kappa shape index (κ2) is 7.04. The second-order valence-corrected chi connectivity index (χ2v) is 5.52. The van der Waals surface area contributed by atoms with Crippen LogP contribution < -0.4 is 4.90 Å². The summed E-state index contributed by atoms with van der Waals surface area (Å²) in [7, 11) is 0. The monoisotopic (exact) mass is 320 g/mol. The summed E-state index contributed by atoms with van der Waals surface area (Å²) in [6.45, 7) is 2.12. The van der Waals surface area contributed by atoms with Crippen LogP contribution in [0.15, 0.2) is 73.1 Å². The van der Waals surface area contributed by atoms with Gasteiger partial charge in [-0.05, 0) is 36.2 Å². The number of pyridine rings is 1. The van der Waals surface area contributed by atoms with Crippen molar-refractivity contribution in [1.82, 2.24) is 4.98 Å². The maximum Gasteiger partial charge on any atom is 0.259 e. The highest BCUT2D eigenvalue weighted by Crippen LogP contribution is 2.24. The van der Waals surface area contributed by atoms with Crippen LogP contribution in [0.4, 0.5) is 10.1 Å². The fourth-order valence-corrected chi connectivity index (χ4v) is 2.56. The van der Waals surface area contributed by atoms with Gasteiger partial charge in [0.15, 0.2) is 0 Å². The lowest BCUT2D eigenvalue weighted by molar-refractivity contribution is 0.0983. The van der Waals surface area contributed by atoms with E-state index in [1.54, 1.807) is 36.7 Å². The van der Waals surface area contributed by atoms with E-state index in [0.717, 1.165) is 11.1 Å². The zero-order valence-electron chi connectivity index (χ0n) is 13.3. The summed E-state index contributed by atoms with van der Waals surface area (Å²) in [6, 6.07) is 17.5. The summed E-state index contributed by atoms with van der Waals surface area (Å²) in [6.07, 6.45) is 3.21. The molecule has 0 unspecified atom stereocenters. The molecule has 0 fully saturated rings. The van der Waals surface area contributed by atoms with Gasteiger partial charge in [-0.15, -0.1) is 0 Å². The quantitative estimate of drug-likeness (QED) is 0.715. The van der Waals surface area contributed by atoms with Crippen LogP contribution in [0.2, 0.25) is 0 Å². The molecule has 1 amide bonds. The number of aryl methyl sites for hydroxylation is 1. The summed E-state index contributed by atoms with van der Waals surface area (Å²) in [5.74, 6) is -0.669. The lowest BCUT2D eigenvalue weighted by Crippen LogP contribution is -2.31. The maximum absolute atomic E-state index is 14.3. The first-order chi connectivity index (χ1) is 11.7. The number of nitrogens with zero attached hydrogens (tertiary/aromatic N) is 2. The highest BCUT2D eigenvalue weighted by Gasteiger charge is 2.22. The third kappa shape index (κ3) is 3.33. The van der Waals surface area contributed by atoms with Gasteiger partial charge in [0.2, 0.25) is 0 Å². The van der Waals surface area contributed by atoms with Crippen molar-refractivity contribution < 1.29 is 9.18 Å². The van der Waals surface area contributed by atoms with Gasteiger partial charge in [0.1, 0.15) is 5.82 Å². The molecule has 2 aromatic carbocycles. The molecule has 3 rings (SSSR count). The van der Waals surface area contributed by atoms with E-state index in [2.05, 4.69) is 4.98 Å². The van der Waals surface area contributed by atoms with E-state index in [1.807, 2.05) is 37.3 Å². The Kier molecular flexibility index (Phi) is 4.66. The van der Waals surface area contributed by atoms with Crippen LogP contribution in [0, 0.1) is 12.7 Å². The Hall–Kier alpha value is -3.01. The van der Waals surface area contributed by atoms with Crippen LogP contribution in [0.25, 0.3) is 0 Å². The molecule has 0 aliphatic rings. The Labute approximate surface area is 140 Å². The van der Waals surface area contributed by atoms with Crippen molar-refractivity contribution in [2.75, 3.05) is 4.90 Å². The summed E-state index contributed by atoms with van der Waals surface area (Å²) in [5.41, 5.74) is 2.48. The summed E-state index contributed by atoms with van der Waals surface area (Å²) in [5, 5.41) is 0. The minimum Gasteiger partial charge on any atom is -0.301 e. The van der Waals surface area contributed by atoms with E-state index in [9.17, 15) is 9.18 Å². The number of carbonyl (C=O) groups excluding carboxylic acids is 1. The smallest absolute Gasteiger partial charge is 0.259 e. The van der Waals surface area contributed by atoms with Crippen LogP contribution in [-0.2, 0) is 6.54 Å². The van der Waals surface area contributed by atoms with Gasteiger partial charge in [0.05, 0.1) is 12.2 Å². The number of aromatic nitrogens is 1. The van der Waals surface area contributed by atoms with E-state index >= 15 is 0 Å². The average Bonchev–Trinajstić information content (AvgIpc) is 2.61. The van der Waals surface area contributed by atoms with Gasteiger partial charge >= 0.3 is 0 Å². The zero-order valence-corrected chi connectivity index (χ0v) is 13.3. The first-order valence-corrected chi connectivity index (χ1v) is 7.68. The molecule has 0 aliphatic heterocycles. The lowest BCUT2D eigenvalue weighted by Gasteiger charge is -2.24. The molecule has 4 heteroatoms. The standard InChI is InChI=1S/C20H17FN2O/c1-15-13-22-12-11-17(15)20(24)23(14-16-7-3-2-4-8-16)19-10-6-5-9-18(19)21/h2-13H,14H2,1H3. The Morgan fingerprint density at radius 2 is 1.75 bits per heavy atom. The molecule has 0 spiro atoms. The number of anilines is 1. The molecule has 0 saturated heterocycles. The first kappa shape index (κ1) is 15.9. The molecule has 1 heterocycles. The van der Waals surface area contributed by atoms with E-state index in [-0.39, 0.29) is 11.6 Å². The topological polar surface area (TPSA) is 33.2 Å². The van der Waals surface area contributed by atoms with E-state index in [1.165, 1.54) is 11.0 Å². The Morgan fingerprint density at radius 3 is 2.46 bits per heavy atom. The SMILES string of the molecule is Cc1cnccc1C(=O)N(Cc1ccccc1)c1ccccc1F. The molecule has 3 aromatic rings. The van der Waals surface area contributed by atoms with Crippen LogP contribution in [-0.4, -0.2) is 10.9 Å². The van der Waals surface area contributed by atoms with Crippen molar-refractivity contribution in [1.29, 1.82) is 0 Å². The van der Waals surface area contributed by atoms with Gasteiger partial charge in [-0.25, -0.2) is 4.39 Å². The third-order valence-electron chi connectivity index (χ3n) is 3.82. The third-order valence-corrected chi connectivity index (χ3v) is 3.82. The number of amides is 1. The van der Waals surface area contributed by atoms with Gasteiger partial charge < -0.3 is 4.90 Å². The number of hydrogen-bond acceptors (Lipinski definition) is 2. The number of para-hydroxylation sites is 1. The normalized spacial score (nSPS) is 10.4. The molecule has 3 nitrogen and oxygen atoms in total. The molecule has 0 aliphatic carbocycles. The van der Waals surface area contributed by atoms with Crippen LogP contribution in [0.1, 0.15) is 21.5 Å². The van der Waals surface area contributed by atoms with Crippen molar-refractivity contribution in [3.8, 4) is 0 Å². The van der Waals surface area contributed by atoms with Crippen molar-refractivity contribution in [2.45, 2.75) is 13.5 Å². The number of halogens is 1. The van der Waals surface area contributed by atoms with Gasteiger partial charge in [0.25, 0.3) is 5.91 Å². The summed E-state index contributed by atoms with van der Waals surface area (Å²) >= 11 is 0. The Balaban J connectivity index is 2.04. The van der Waals surface area contributed by atoms with E-state index in [4.69, 9.17) is 0 Å². The molecule has 0 saturated carbocycles. The lowest BCUT2D eigenvalue weighted by atomic mass is 10.1. The fraction of sp³-hybridized carbons (Fsp3) is 0.100. The van der Waals surface area contributed by atoms with Gasteiger partial charge in [0, 0.05) is 18.0 Å². The molecular weight excluding hydrogens is 303 g/mol. The highest BCUT2D eigenvalue weighted by atomic mass is 19.1. The summed E-state index contributed by atoms with van der Waals surface area (Å²) in [4.78, 5) is 18.5. The van der Waals surface area contributed by atoms with Crippen LogP contribution in [0.5, 0.6) is 0 Å². The highest BCUT2D eigenvalue weighted by molar-refractivity contribution is 6.06. The fourth-order valence-electron chi connectivity index (χ4n) is 2.56. The molecule has 0 N–H and O–H groups in total. The van der Waals surface area contributed by atoms with Crippen LogP contribution in [0.3, 0.4) is 0 Å². The predicted molar refractivity (Wildman–Crippen MR) is 92.3 cm³/mol. The molecule has 0 atom stereocenters. The molecule has 1 aromatic heterocycles. The van der Waals surface area contributed by atoms with Crippen molar-refractivity contribution >= 4 is 11.6 Å². The van der Waals surface area contributed by atoms with Gasteiger partial charge in [-0.2, -0.15) is 0 Å². The molecule has 0 radical (unpaired) electrons. The Bertz CT molecular complexity index is 849. The van der Waals surface area contributed by atoms with Gasteiger partial charge in [-0.1, -0.05) is 42.5 Å². The average molecular weight is 320 g/mol. The largest absolute Gasteiger partial charge is 0.301 e. The molecule has 24 heavy (non-hydrogen) atoms. The molecule has 0 bridgehead atoms. The Morgan fingerprint density at radius 1 is 1.04 bits per heavy atom. The molecular formula is C20H17FN2O. The van der Waals surface area contributed by atoms with Crippen molar-refractivity contribution in [2.24, 2.45) is 0 Å². The number of carbonyl (C=O) groups is 1. The zero-order chi connectivity index (χ0) is 16.9. The van der Waals surface area contributed by atoms with Crippen LogP contribution >= 0.6 is 0 Å². The first-order valence-electron chi connectivity index (χ1n) is 7.68. The minimum absolute atomic E-state index is 0.246. The summed E-state index contributed by atoms with van der Waals surface area (Å²) < 4.78 is 14.3. The molecule has 120 valence electrons. The van der Waals surface area contributed by atoms with E-state index < -0.39 is 5.82 Å². The number of benzene rings is 2. The van der Waals surface area contributed by atoms with Gasteiger partial charge in [-0.3, -0.25) is 9.78 Å².